The SMILES string of the molecule is N#Cc1ccc(OC2CCC(NS(=O)(=O)Cc3cc(F)cc(F)c3)CC2)nc1. The standard InChI is InChI=1S/C19H19F2N3O3S/c20-15-7-14(8-16(21)9-15)12-28(25,26)24-17-2-4-18(5-3-17)27-19-6-1-13(10-22)11-23-19/h1,6-9,11,17-18,24H,2-5,12H2. The van der Waals surface area contributed by atoms with E-state index in [1.807, 2.05) is 6.07 Å². The summed E-state index contributed by atoms with van der Waals surface area (Å²) in [6.07, 6.45) is 3.80. The maximum Gasteiger partial charge on any atom is 0.216 e. The number of nitriles is 1. The van der Waals surface area contributed by atoms with E-state index in [4.69, 9.17) is 10.00 Å². The fourth-order valence-electron chi connectivity index (χ4n) is 3.19. The summed E-state index contributed by atoms with van der Waals surface area (Å²) in [4.78, 5) is 4.07. The molecule has 6 nitrogen and oxygen atoms in total. The maximum absolute atomic E-state index is 13.2. The molecule has 1 saturated carbocycles. The van der Waals surface area contributed by atoms with Gasteiger partial charge in [0.15, 0.2) is 0 Å². The minimum absolute atomic E-state index is 0.0638. The fourth-order valence-corrected chi connectivity index (χ4v) is 4.63. The first kappa shape index (κ1) is 20.2. The number of sulfonamides is 1. The highest BCUT2D eigenvalue weighted by Gasteiger charge is 2.26. The number of benzene rings is 1. The topological polar surface area (TPSA) is 92.1 Å². The van der Waals surface area contributed by atoms with Gasteiger partial charge in [-0.1, -0.05) is 0 Å². The number of ether oxygens (including phenoxy) is 1. The number of aromatic nitrogens is 1. The highest BCUT2D eigenvalue weighted by atomic mass is 32.2. The second kappa shape index (κ2) is 8.63. The second-order valence-electron chi connectivity index (χ2n) is 6.74. The van der Waals surface area contributed by atoms with Crippen molar-refractivity contribution in [3.05, 3.63) is 59.3 Å². The number of hydrogen-bond donors (Lipinski definition) is 1. The van der Waals surface area contributed by atoms with Crippen LogP contribution in [0.2, 0.25) is 0 Å². The van der Waals surface area contributed by atoms with Crippen LogP contribution in [0.15, 0.2) is 36.5 Å². The molecule has 1 heterocycles. The van der Waals surface area contributed by atoms with Crippen LogP contribution in [0.3, 0.4) is 0 Å². The Morgan fingerprint density at radius 2 is 1.82 bits per heavy atom. The number of pyridine rings is 1. The summed E-state index contributed by atoms with van der Waals surface area (Å²) >= 11 is 0. The molecular weight excluding hydrogens is 388 g/mol. The van der Waals surface area contributed by atoms with Gasteiger partial charge in [-0.15, -0.1) is 0 Å². The van der Waals surface area contributed by atoms with Crippen LogP contribution < -0.4 is 9.46 Å². The third-order valence-electron chi connectivity index (χ3n) is 4.45. The normalized spacial score (nSPS) is 19.8. The van der Waals surface area contributed by atoms with Crippen LogP contribution in [-0.4, -0.2) is 25.5 Å². The molecule has 1 aliphatic carbocycles. The zero-order valence-electron chi connectivity index (χ0n) is 14.9. The van der Waals surface area contributed by atoms with Gasteiger partial charge in [0.25, 0.3) is 0 Å². The third-order valence-corrected chi connectivity index (χ3v) is 5.86. The van der Waals surface area contributed by atoms with E-state index in [1.54, 1.807) is 12.1 Å². The Bertz CT molecular complexity index is 947. The van der Waals surface area contributed by atoms with E-state index >= 15 is 0 Å². The van der Waals surface area contributed by atoms with E-state index in [0.29, 0.717) is 43.2 Å². The molecule has 3 rings (SSSR count). The van der Waals surface area contributed by atoms with Gasteiger partial charge >= 0.3 is 0 Å². The van der Waals surface area contributed by atoms with E-state index in [9.17, 15) is 17.2 Å². The van der Waals surface area contributed by atoms with E-state index in [2.05, 4.69) is 9.71 Å². The largest absolute Gasteiger partial charge is 0.474 e. The van der Waals surface area contributed by atoms with Gasteiger partial charge in [0.05, 0.1) is 11.3 Å². The maximum atomic E-state index is 13.2. The lowest BCUT2D eigenvalue weighted by atomic mass is 9.94. The Kier molecular flexibility index (Phi) is 6.21. The average molecular weight is 407 g/mol. The van der Waals surface area contributed by atoms with Gasteiger partial charge in [0, 0.05) is 24.4 Å². The molecule has 1 fully saturated rings. The van der Waals surface area contributed by atoms with Crippen molar-refractivity contribution in [2.75, 3.05) is 0 Å². The third kappa shape index (κ3) is 5.71. The highest BCUT2D eigenvalue weighted by Crippen LogP contribution is 2.24. The van der Waals surface area contributed by atoms with Crippen molar-refractivity contribution in [1.82, 2.24) is 9.71 Å². The fraction of sp³-hybridized carbons (Fsp3) is 0.368. The van der Waals surface area contributed by atoms with Gasteiger partial charge in [-0.25, -0.2) is 26.9 Å². The molecule has 9 heteroatoms. The van der Waals surface area contributed by atoms with E-state index in [0.717, 1.165) is 12.1 Å². The molecule has 0 saturated heterocycles. The Hall–Kier alpha value is -2.57. The lowest BCUT2D eigenvalue weighted by Gasteiger charge is -2.29. The van der Waals surface area contributed by atoms with Crippen molar-refractivity contribution in [2.24, 2.45) is 0 Å². The lowest BCUT2D eigenvalue weighted by molar-refractivity contribution is 0.138. The monoisotopic (exact) mass is 407 g/mol. The van der Waals surface area contributed by atoms with Gasteiger partial charge < -0.3 is 4.74 Å². The van der Waals surface area contributed by atoms with Crippen LogP contribution in [0.5, 0.6) is 5.88 Å². The van der Waals surface area contributed by atoms with Gasteiger partial charge in [0.2, 0.25) is 15.9 Å². The van der Waals surface area contributed by atoms with Crippen LogP contribution >= 0.6 is 0 Å². The molecule has 0 aliphatic heterocycles. The first-order valence-electron chi connectivity index (χ1n) is 8.81. The molecule has 0 radical (unpaired) electrons. The molecule has 0 bridgehead atoms. The highest BCUT2D eigenvalue weighted by molar-refractivity contribution is 7.88. The molecule has 28 heavy (non-hydrogen) atoms. The number of rotatable bonds is 6. The number of nitrogens with one attached hydrogen (secondary N) is 1. The number of halogens is 2. The molecule has 1 aromatic heterocycles. The zero-order chi connectivity index (χ0) is 20.1. The summed E-state index contributed by atoms with van der Waals surface area (Å²) in [5.41, 5.74) is 0.512. The van der Waals surface area contributed by atoms with E-state index < -0.39 is 27.4 Å². The van der Waals surface area contributed by atoms with Crippen LogP contribution in [0, 0.1) is 23.0 Å². The van der Waals surface area contributed by atoms with Crippen LogP contribution in [0.4, 0.5) is 8.78 Å². The van der Waals surface area contributed by atoms with Gasteiger partial charge in [-0.05, 0) is 49.4 Å². The summed E-state index contributed by atoms with van der Waals surface area (Å²) in [5, 5.41) is 8.77. The van der Waals surface area contributed by atoms with Gasteiger partial charge in [0.1, 0.15) is 23.8 Å². The summed E-state index contributed by atoms with van der Waals surface area (Å²) < 4.78 is 59.4. The Labute approximate surface area is 162 Å². The Morgan fingerprint density at radius 1 is 1.14 bits per heavy atom. The molecule has 0 unspecified atom stereocenters. The zero-order valence-corrected chi connectivity index (χ0v) is 15.8. The Balaban J connectivity index is 1.50. The van der Waals surface area contributed by atoms with Crippen molar-refractivity contribution in [3.63, 3.8) is 0 Å². The summed E-state index contributed by atoms with van der Waals surface area (Å²) in [6.45, 7) is 0. The van der Waals surface area contributed by atoms with E-state index in [1.165, 1.54) is 6.20 Å². The smallest absolute Gasteiger partial charge is 0.216 e. The molecule has 2 aromatic rings. The average Bonchev–Trinajstić information content (AvgIpc) is 2.62. The molecular formula is C19H19F2N3O3S. The predicted molar refractivity (Wildman–Crippen MR) is 97.7 cm³/mol. The van der Waals surface area contributed by atoms with Crippen molar-refractivity contribution < 1.29 is 21.9 Å². The second-order valence-corrected chi connectivity index (χ2v) is 8.50. The molecule has 1 aromatic carbocycles. The minimum Gasteiger partial charge on any atom is -0.474 e. The van der Waals surface area contributed by atoms with Crippen LogP contribution in [0.1, 0.15) is 36.8 Å². The molecule has 0 amide bonds. The lowest BCUT2D eigenvalue weighted by Crippen LogP contribution is -2.40. The van der Waals surface area contributed by atoms with Crippen molar-refractivity contribution in [3.8, 4) is 11.9 Å². The molecule has 0 spiro atoms. The number of nitrogens with zero attached hydrogens (tertiary/aromatic N) is 2. The van der Waals surface area contributed by atoms with Gasteiger partial charge in [-0.2, -0.15) is 5.26 Å². The Morgan fingerprint density at radius 3 is 2.39 bits per heavy atom. The summed E-state index contributed by atoms with van der Waals surface area (Å²) in [7, 11) is -3.72. The van der Waals surface area contributed by atoms with Crippen LogP contribution in [0.25, 0.3) is 0 Å². The van der Waals surface area contributed by atoms with Gasteiger partial charge in [-0.3, -0.25) is 0 Å². The summed E-state index contributed by atoms with van der Waals surface area (Å²) in [5.74, 6) is -1.66. The minimum atomic E-state index is -3.72. The number of hydrogen-bond acceptors (Lipinski definition) is 5. The van der Waals surface area contributed by atoms with Crippen LogP contribution in [-0.2, 0) is 15.8 Å². The predicted octanol–water partition coefficient (Wildman–Crippen LogP) is 3.04. The van der Waals surface area contributed by atoms with Crippen molar-refractivity contribution >= 4 is 10.0 Å². The van der Waals surface area contributed by atoms with E-state index in [-0.39, 0.29) is 17.7 Å². The quantitative estimate of drug-likeness (QED) is 0.795. The summed E-state index contributed by atoms with van der Waals surface area (Å²) in [6, 6.07) is 7.71. The molecule has 1 N–H and O–H groups in total. The van der Waals surface area contributed by atoms with Crippen molar-refractivity contribution in [2.45, 2.75) is 43.6 Å². The molecule has 0 atom stereocenters. The molecule has 1 aliphatic rings. The first-order valence-corrected chi connectivity index (χ1v) is 10.5. The first-order chi connectivity index (χ1) is 13.3. The molecule has 148 valence electrons. The van der Waals surface area contributed by atoms with Crippen molar-refractivity contribution in [1.29, 1.82) is 5.26 Å².